The Hall–Kier alpha value is -1.31. The summed E-state index contributed by atoms with van der Waals surface area (Å²) in [6.45, 7) is 13.1. The van der Waals surface area contributed by atoms with Gasteiger partial charge in [0.2, 0.25) is 0 Å². The number of fused-ring (bicyclic) bond motifs is 1. The highest BCUT2D eigenvalue weighted by atomic mass is 16.5. The number of esters is 1. The van der Waals surface area contributed by atoms with E-state index < -0.39 is 0 Å². The molecule has 0 aromatic carbocycles. The molecule has 1 saturated carbocycles. The molecule has 23 heavy (non-hydrogen) atoms. The molecule has 2 nitrogen and oxygen atoms in total. The molecule has 0 heterocycles. The number of hydrogen-bond acceptors (Lipinski definition) is 2. The largest absolute Gasteiger partial charge is 0.466 e. The third-order valence-corrected chi connectivity index (χ3v) is 6.44. The summed E-state index contributed by atoms with van der Waals surface area (Å²) < 4.78 is 5.08. The van der Waals surface area contributed by atoms with Crippen molar-refractivity contribution in [2.75, 3.05) is 7.11 Å². The summed E-state index contributed by atoms with van der Waals surface area (Å²) >= 11 is 0. The van der Waals surface area contributed by atoms with Crippen LogP contribution in [0.25, 0.3) is 0 Å². The van der Waals surface area contributed by atoms with Crippen LogP contribution in [0.2, 0.25) is 0 Å². The summed E-state index contributed by atoms with van der Waals surface area (Å²) in [5.41, 5.74) is 2.56. The zero-order valence-corrected chi connectivity index (χ0v) is 15.4. The highest BCUT2D eigenvalue weighted by molar-refractivity contribution is 5.89. The van der Waals surface area contributed by atoms with E-state index in [9.17, 15) is 4.79 Å². The van der Waals surface area contributed by atoms with Crippen molar-refractivity contribution in [3.63, 3.8) is 0 Å². The van der Waals surface area contributed by atoms with Gasteiger partial charge in [0.25, 0.3) is 0 Å². The van der Waals surface area contributed by atoms with Crippen molar-refractivity contribution in [3.05, 3.63) is 36.0 Å². The lowest BCUT2D eigenvalue weighted by molar-refractivity contribution is -0.139. The Morgan fingerprint density at radius 3 is 2.70 bits per heavy atom. The van der Waals surface area contributed by atoms with Crippen LogP contribution >= 0.6 is 0 Å². The predicted octanol–water partition coefficient (Wildman–Crippen LogP) is 5.46. The Morgan fingerprint density at radius 2 is 2.09 bits per heavy atom. The molecule has 0 aromatic rings. The van der Waals surface area contributed by atoms with Crippen LogP contribution in [-0.2, 0) is 9.53 Å². The lowest BCUT2D eigenvalue weighted by atomic mass is 9.48. The molecular weight excluding hydrogens is 284 g/mol. The lowest BCUT2D eigenvalue weighted by Gasteiger charge is -2.56. The topological polar surface area (TPSA) is 26.3 Å². The number of hydrogen-bond donors (Lipinski definition) is 0. The van der Waals surface area contributed by atoms with E-state index in [0.717, 1.165) is 18.4 Å². The van der Waals surface area contributed by atoms with Gasteiger partial charge in [0.1, 0.15) is 0 Å². The predicted molar refractivity (Wildman–Crippen MR) is 96.0 cm³/mol. The van der Waals surface area contributed by atoms with E-state index in [4.69, 9.17) is 4.74 Å². The van der Waals surface area contributed by atoms with Gasteiger partial charge in [-0.15, -0.1) is 0 Å². The quantitative estimate of drug-likeness (QED) is 0.508. The molecule has 2 rings (SSSR count). The standard InChI is InChI=1S/C21H32O2/c1-7-15(2)9-11-17-16(19(22)23-6)10-12-18-20(3,4)13-8-14-21(17,18)5/h7,9-10,17-18H,1,8,11-14H2,2-6H3/b15-9+/t17-,18+,21+/m0/s1. The van der Waals surface area contributed by atoms with Gasteiger partial charge in [0, 0.05) is 5.57 Å². The first-order valence-corrected chi connectivity index (χ1v) is 8.84. The van der Waals surface area contributed by atoms with Gasteiger partial charge in [-0.3, -0.25) is 0 Å². The smallest absolute Gasteiger partial charge is 0.333 e. The monoisotopic (exact) mass is 316 g/mol. The third-order valence-electron chi connectivity index (χ3n) is 6.44. The van der Waals surface area contributed by atoms with Crippen LogP contribution in [0.1, 0.15) is 59.8 Å². The first-order valence-electron chi connectivity index (χ1n) is 8.84. The number of carbonyl (C=O) groups excluding carboxylic acids is 1. The van der Waals surface area contributed by atoms with Crippen molar-refractivity contribution in [3.8, 4) is 0 Å². The van der Waals surface area contributed by atoms with E-state index in [0.29, 0.717) is 11.3 Å². The fourth-order valence-corrected chi connectivity index (χ4v) is 5.04. The number of methoxy groups -OCH3 is 1. The van der Waals surface area contributed by atoms with Gasteiger partial charge < -0.3 is 4.74 Å². The number of allylic oxidation sites excluding steroid dienone is 4. The van der Waals surface area contributed by atoms with E-state index >= 15 is 0 Å². The first-order chi connectivity index (χ1) is 10.8. The normalized spacial score (nSPS) is 33.4. The molecule has 128 valence electrons. The molecule has 0 aliphatic heterocycles. The Balaban J connectivity index is 2.44. The van der Waals surface area contributed by atoms with Crippen molar-refractivity contribution in [2.24, 2.45) is 22.7 Å². The second kappa shape index (κ2) is 6.67. The van der Waals surface area contributed by atoms with Crippen LogP contribution < -0.4 is 0 Å². The first kappa shape index (κ1) is 18.0. The van der Waals surface area contributed by atoms with Crippen LogP contribution in [0.5, 0.6) is 0 Å². The van der Waals surface area contributed by atoms with Crippen molar-refractivity contribution < 1.29 is 9.53 Å². The summed E-state index contributed by atoms with van der Waals surface area (Å²) in [5, 5.41) is 0. The molecule has 2 aliphatic carbocycles. The fourth-order valence-electron chi connectivity index (χ4n) is 5.04. The molecule has 0 unspecified atom stereocenters. The van der Waals surface area contributed by atoms with Gasteiger partial charge in [-0.05, 0) is 55.3 Å². The van der Waals surface area contributed by atoms with Crippen molar-refractivity contribution in [1.82, 2.24) is 0 Å². The fraction of sp³-hybridized carbons (Fsp3) is 0.667. The Morgan fingerprint density at radius 1 is 1.39 bits per heavy atom. The lowest BCUT2D eigenvalue weighted by Crippen LogP contribution is -2.49. The number of rotatable bonds is 4. The SMILES string of the molecule is C=C/C(C)=C/C[C@H]1C(C(=O)OC)=CC[C@@H]2C(C)(C)CCC[C@@]21C. The van der Waals surface area contributed by atoms with E-state index in [-0.39, 0.29) is 17.3 Å². The van der Waals surface area contributed by atoms with E-state index in [2.05, 4.69) is 46.4 Å². The summed E-state index contributed by atoms with van der Waals surface area (Å²) in [6, 6.07) is 0. The van der Waals surface area contributed by atoms with Crippen LogP contribution in [0.3, 0.4) is 0 Å². The van der Waals surface area contributed by atoms with Gasteiger partial charge >= 0.3 is 5.97 Å². The molecule has 0 amide bonds. The summed E-state index contributed by atoms with van der Waals surface area (Å²) in [7, 11) is 1.49. The van der Waals surface area contributed by atoms with Crippen molar-refractivity contribution >= 4 is 5.97 Å². The average molecular weight is 316 g/mol. The van der Waals surface area contributed by atoms with E-state index in [1.165, 1.54) is 31.9 Å². The molecule has 0 bridgehead atoms. The molecule has 2 heteroatoms. The van der Waals surface area contributed by atoms with Crippen molar-refractivity contribution in [2.45, 2.75) is 59.8 Å². The zero-order chi connectivity index (χ0) is 17.3. The summed E-state index contributed by atoms with van der Waals surface area (Å²) in [5.74, 6) is 0.713. The van der Waals surface area contributed by atoms with Crippen LogP contribution in [-0.4, -0.2) is 13.1 Å². The molecule has 0 saturated heterocycles. The maximum atomic E-state index is 12.3. The molecule has 0 N–H and O–H groups in total. The maximum absolute atomic E-state index is 12.3. The Labute approximate surface area is 141 Å². The van der Waals surface area contributed by atoms with Crippen LogP contribution in [0, 0.1) is 22.7 Å². The average Bonchev–Trinajstić information content (AvgIpc) is 2.50. The minimum atomic E-state index is -0.150. The molecule has 0 radical (unpaired) electrons. The van der Waals surface area contributed by atoms with Gasteiger partial charge in [0.05, 0.1) is 7.11 Å². The highest BCUT2D eigenvalue weighted by Crippen LogP contribution is 2.60. The van der Waals surface area contributed by atoms with Gasteiger partial charge in [0.15, 0.2) is 0 Å². The van der Waals surface area contributed by atoms with Crippen LogP contribution in [0.15, 0.2) is 36.0 Å². The third kappa shape index (κ3) is 3.32. The Kier molecular flexibility index (Phi) is 5.23. The summed E-state index contributed by atoms with van der Waals surface area (Å²) in [6.07, 6.45) is 11.9. The molecule has 3 atom stereocenters. The van der Waals surface area contributed by atoms with Gasteiger partial charge in [-0.25, -0.2) is 4.79 Å². The second-order valence-corrected chi connectivity index (χ2v) is 8.23. The van der Waals surface area contributed by atoms with Gasteiger partial charge in [-0.1, -0.05) is 57.6 Å². The minimum absolute atomic E-state index is 0.150. The Bertz CT molecular complexity index is 538. The number of carbonyl (C=O) groups is 1. The van der Waals surface area contributed by atoms with E-state index in [1.54, 1.807) is 0 Å². The van der Waals surface area contributed by atoms with Gasteiger partial charge in [-0.2, -0.15) is 0 Å². The minimum Gasteiger partial charge on any atom is -0.466 e. The second-order valence-electron chi connectivity index (χ2n) is 8.23. The van der Waals surface area contributed by atoms with E-state index in [1.807, 2.05) is 6.08 Å². The zero-order valence-electron chi connectivity index (χ0n) is 15.4. The maximum Gasteiger partial charge on any atom is 0.333 e. The number of ether oxygens (including phenoxy) is 1. The van der Waals surface area contributed by atoms with Crippen molar-refractivity contribution in [1.29, 1.82) is 0 Å². The molecule has 2 aliphatic rings. The molecular formula is C21H32O2. The molecule has 0 aromatic heterocycles. The summed E-state index contributed by atoms with van der Waals surface area (Å²) in [4.78, 5) is 12.3. The highest BCUT2D eigenvalue weighted by Gasteiger charge is 2.53. The molecule has 1 fully saturated rings. The van der Waals surface area contributed by atoms with Crippen LogP contribution in [0.4, 0.5) is 0 Å². The molecule has 0 spiro atoms.